The number of aromatic amines is 1. The van der Waals surface area contributed by atoms with Crippen molar-refractivity contribution < 1.29 is 9.64 Å². The monoisotopic (exact) mass is 357 g/mol. The van der Waals surface area contributed by atoms with Gasteiger partial charge in [0, 0.05) is 16.6 Å². The topological polar surface area (TPSA) is 46.5 Å². The van der Waals surface area contributed by atoms with Crippen LogP contribution < -0.4 is 15.1 Å². The van der Waals surface area contributed by atoms with E-state index in [9.17, 15) is 4.79 Å². The van der Waals surface area contributed by atoms with Crippen molar-refractivity contribution in [3.8, 4) is 5.75 Å². The zero-order chi connectivity index (χ0) is 18.7. The summed E-state index contributed by atoms with van der Waals surface area (Å²) in [6, 6.07) is 6.50. The van der Waals surface area contributed by atoms with Crippen molar-refractivity contribution in [3.63, 3.8) is 0 Å². The van der Waals surface area contributed by atoms with E-state index in [1.807, 2.05) is 25.1 Å². The van der Waals surface area contributed by atoms with Gasteiger partial charge in [-0.05, 0) is 56.7 Å². The second-order valence-electron chi connectivity index (χ2n) is 8.16. The molecule has 4 nitrogen and oxygen atoms in total. The highest BCUT2D eigenvalue weighted by atomic mass is 16.5. The SMILES string of the molecule is CCC1CCCC[NH+]1Cc1c(C)[nH]c2ccc(OCC(C)C)cc2c1=O. The first kappa shape index (κ1) is 19.0. The van der Waals surface area contributed by atoms with E-state index < -0.39 is 0 Å². The Labute approximate surface area is 156 Å². The quantitative estimate of drug-likeness (QED) is 0.834. The molecule has 2 aromatic rings. The highest BCUT2D eigenvalue weighted by Crippen LogP contribution is 2.19. The molecule has 0 saturated carbocycles. The predicted octanol–water partition coefficient (Wildman–Crippen LogP) is 3.22. The largest absolute Gasteiger partial charge is 0.493 e. The van der Waals surface area contributed by atoms with E-state index in [1.54, 1.807) is 4.90 Å². The normalized spacial score (nSPS) is 20.7. The molecule has 0 amide bonds. The first-order chi connectivity index (χ1) is 12.5. The van der Waals surface area contributed by atoms with Crippen LogP contribution in [0.25, 0.3) is 10.9 Å². The number of hydrogen-bond donors (Lipinski definition) is 2. The number of rotatable bonds is 6. The lowest BCUT2D eigenvalue weighted by Gasteiger charge is -2.32. The number of hydrogen-bond acceptors (Lipinski definition) is 2. The van der Waals surface area contributed by atoms with Gasteiger partial charge >= 0.3 is 0 Å². The van der Waals surface area contributed by atoms with Crippen molar-refractivity contribution in [2.24, 2.45) is 5.92 Å². The average Bonchev–Trinajstić information content (AvgIpc) is 2.64. The maximum atomic E-state index is 13.2. The van der Waals surface area contributed by atoms with E-state index >= 15 is 0 Å². The van der Waals surface area contributed by atoms with Crippen LogP contribution in [0.1, 0.15) is 57.7 Å². The van der Waals surface area contributed by atoms with Crippen molar-refractivity contribution in [1.82, 2.24) is 4.98 Å². The van der Waals surface area contributed by atoms with Gasteiger partial charge in [0.1, 0.15) is 12.3 Å². The van der Waals surface area contributed by atoms with E-state index in [4.69, 9.17) is 4.74 Å². The minimum absolute atomic E-state index is 0.166. The molecule has 26 heavy (non-hydrogen) atoms. The summed E-state index contributed by atoms with van der Waals surface area (Å²) in [4.78, 5) is 18.2. The molecule has 4 heteroatoms. The van der Waals surface area contributed by atoms with Gasteiger partial charge in [-0.15, -0.1) is 0 Å². The number of benzene rings is 1. The lowest BCUT2D eigenvalue weighted by Crippen LogP contribution is -3.15. The first-order valence-corrected chi connectivity index (χ1v) is 10.1. The van der Waals surface area contributed by atoms with Crippen LogP contribution in [-0.2, 0) is 6.54 Å². The maximum absolute atomic E-state index is 13.2. The Kier molecular flexibility index (Phi) is 6.02. The molecular formula is C22H33N2O2+. The summed E-state index contributed by atoms with van der Waals surface area (Å²) >= 11 is 0. The van der Waals surface area contributed by atoms with E-state index in [0.717, 1.165) is 34.5 Å². The van der Waals surface area contributed by atoms with Crippen LogP contribution in [0.2, 0.25) is 0 Å². The Morgan fingerprint density at radius 3 is 2.85 bits per heavy atom. The zero-order valence-electron chi connectivity index (χ0n) is 16.7. The fourth-order valence-electron chi connectivity index (χ4n) is 4.10. The van der Waals surface area contributed by atoms with Crippen molar-refractivity contribution >= 4 is 10.9 Å². The average molecular weight is 358 g/mol. The number of ether oxygens (including phenoxy) is 1. The first-order valence-electron chi connectivity index (χ1n) is 10.1. The molecule has 3 rings (SSSR count). The van der Waals surface area contributed by atoms with Crippen LogP contribution in [0, 0.1) is 12.8 Å². The van der Waals surface area contributed by atoms with E-state index in [-0.39, 0.29) is 5.43 Å². The number of piperidine rings is 1. The molecule has 0 radical (unpaired) electrons. The van der Waals surface area contributed by atoms with Crippen LogP contribution >= 0.6 is 0 Å². The number of pyridine rings is 1. The number of fused-ring (bicyclic) bond motifs is 1. The summed E-state index contributed by atoms with van der Waals surface area (Å²) in [5, 5.41) is 0.747. The Hall–Kier alpha value is -1.81. The fourth-order valence-corrected chi connectivity index (χ4v) is 4.10. The summed E-state index contributed by atoms with van der Waals surface area (Å²) in [6.07, 6.45) is 5.06. The summed E-state index contributed by atoms with van der Waals surface area (Å²) in [6.45, 7) is 11.2. The Bertz CT molecular complexity index is 810. The molecule has 1 aromatic heterocycles. The summed E-state index contributed by atoms with van der Waals surface area (Å²) < 4.78 is 5.83. The number of nitrogens with one attached hydrogen (secondary N) is 2. The van der Waals surface area contributed by atoms with Gasteiger partial charge in [-0.2, -0.15) is 0 Å². The van der Waals surface area contributed by atoms with Crippen molar-refractivity contribution in [2.45, 2.75) is 66.0 Å². The predicted molar refractivity (Wildman–Crippen MR) is 107 cm³/mol. The second kappa shape index (κ2) is 8.26. The van der Waals surface area contributed by atoms with Gasteiger partial charge in [-0.3, -0.25) is 4.79 Å². The standard InChI is InChI=1S/C22H32N2O2/c1-5-17-8-6-7-11-24(17)13-20-16(4)23-21-10-9-18(26-14-15(2)3)12-19(21)22(20)25/h9-10,12,15,17H,5-8,11,13-14H2,1-4H3,(H,23,25)/p+1. The smallest absolute Gasteiger partial charge is 0.198 e. The van der Waals surface area contributed by atoms with E-state index in [0.29, 0.717) is 18.6 Å². The number of H-pyrrole nitrogens is 1. The molecule has 1 aromatic carbocycles. The molecule has 2 atom stereocenters. The van der Waals surface area contributed by atoms with Gasteiger partial charge in [0.15, 0.2) is 5.43 Å². The summed E-state index contributed by atoms with van der Waals surface area (Å²) in [5.41, 5.74) is 3.01. The molecule has 2 unspecified atom stereocenters. The van der Waals surface area contributed by atoms with Crippen molar-refractivity contribution in [3.05, 3.63) is 39.7 Å². The third-order valence-electron chi connectivity index (χ3n) is 5.64. The van der Waals surface area contributed by atoms with Gasteiger partial charge in [0.2, 0.25) is 0 Å². The van der Waals surface area contributed by atoms with Crippen LogP contribution in [0.4, 0.5) is 0 Å². The molecule has 2 N–H and O–H groups in total. The highest BCUT2D eigenvalue weighted by molar-refractivity contribution is 5.81. The molecule has 0 bridgehead atoms. The maximum Gasteiger partial charge on any atom is 0.198 e. The zero-order valence-corrected chi connectivity index (χ0v) is 16.7. The molecular weight excluding hydrogens is 324 g/mol. The molecule has 1 fully saturated rings. The number of aryl methyl sites for hydroxylation is 1. The molecule has 1 saturated heterocycles. The van der Waals surface area contributed by atoms with E-state index in [2.05, 4.69) is 25.8 Å². The van der Waals surface area contributed by atoms with Gasteiger partial charge in [-0.1, -0.05) is 20.8 Å². The fraction of sp³-hybridized carbons (Fsp3) is 0.591. The number of likely N-dealkylation sites (tertiary alicyclic amines) is 1. The van der Waals surface area contributed by atoms with E-state index in [1.165, 1.54) is 32.2 Å². The minimum Gasteiger partial charge on any atom is -0.493 e. The summed E-state index contributed by atoms with van der Waals surface area (Å²) in [7, 11) is 0. The lowest BCUT2D eigenvalue weighted by atomic mass is 9.98. The Balaban J connectivity index is 1.93. The van der Waals surface area contributed by atoms with Gasteiger partial charge in [0.05, 0.1) is 24.8 Å². The van der Waals surface area contributed by atoms with Crippen LogP contribution in [0.15, 0.2) is 23.0 Å². The van der Waals surface area contributed by atoms with Crippen LogP contribution in [0.3, 0.4) is 0 Å². The summed E-state index contributed by atoms with van der Waals surface area (Å²) in [5.74, 6) is 1.24. The van der Waals surface area contributed by atoms with Crippen LogP contribution in [0.5, 0.6) is 5.75 Å². The lowest BCUT2D eigenvalue weighted by molar-refractivity contribution is -0.944. The second-order valence-corrected chi connectivity index (χ2v) is 8.16. The Morgan fingerprint density at radius 2 is 2.12 bits per heavy atom. The number of quaternary nitrogens is 1. The van der Waals surface area contributed by atoms with Gasteiger partial charge < -0.3 is 14.6 Å². The Morgan fingerprint density at radius 1 is 1.31 bits per heavy atom. The molecule has 1 aliphatic rings. The number of aromatic nitrogens is 1. The molecule has 0 aliphatic carbocycles. The minimum atomic E-state index is 0.166. The van der Waals surface area contributed by atoms with Gasteiger partial charge in [-0.25, -0.2) is 0 Å². The molecule has 0 spiro atoms. The highest BCUT2D eigenvalue weighted by Gasteiger charge is 2.26. The molecule has 142 valence electrons. The molecule has 1 aliphatic heterocycles. The van der Waals surface area contributed by atoms with Crippen molar-refractivity contribution in [2.75, 3.05) is 13.2 Å². The third-order valence-corrected chi connectivity index (χ3v) is 5.64. The van der Waals surface area contributed by atoms with Crippen LogP contribution in [-0.4, -0.2) is 24.2 Å². The van der Waals surface area contributed by atoms with Crippen molar-refractivity contribution in [1.29, 1.82) is 0 Å². The molecule has 2 heterocycles. The van der Waals surface area contributed by atoms with Gasteiger partial charge in [0.25, 0.3) is 0 Å². The third kappa shape index (κ3) is 4.12.